The SMILES string of the molecule is CCOC(=O)c1ncn(CC=C(C)C)c1N. The Hall–Kier alpha value is -1.78. The first-order valence-electron chi connectivity index (χ1n) is 5.17. The van der Waals surface area contributed by atoms with Gasteiger partial charge >= 0.3 is 5.97 Å². The number of hydrogen-bond acceptors (Lipinski definition) is 4. The average molecular weight is 223 g/mol. The first-order valence-corrected chi connectivity index (χ1v) is 5.17. The third-order valence-corrected chi connectivity index (χ3v) is 2.04. The number of hydrogen-bond donors (Lipinski definition) is 1. The van der Waals surface area contributed by atoms with Crippen molar-refractivity contribution in [2.45, 2.75) is 27.3 Å². The molecule has 1 heterocycles. The highest BCUT2D eigenvalue weighted by Crippen LogP contribution is 2.11. The summed E-state index contributed by atoms with van der Waals surface area (Å²) in [6, 6.07) is 0. The fourth-order valence-electron chi connectivity index (χ4n) is 1.17. The smallest absolute Gasteiger partial charge is 0.360 e. The van der Waals surface area contributed by atoms with Crippen molar-refractivity contribution in [3.63, 3.8) is 0 Å². The Balaban J connectivity index is 2.84. The van der Waals surface area contributed by atoms with E-state index in [1.54, 1.807) is 17.8 Å². The summed E-state index contributed by atoms with van der Waals surface area (Å²) in [5.41, 5.74) is 7.16. The van der Waals surface area contributed by atoms with Crippen LogP contribution in [-0.2, 0) is 11.3 Å². The van der Waals surface area contributed by atoms with E-state index in [0.717, 1.165) is 0 Å². The van der Waals surface area contributed by atoms with Crippen LogP contribution in [0.15, 0.2) is 18.0 Å². The molecule has 0 saturated heterocycles. The molecule has 0 saturated carbocycles. The van der Waals surface area contributed by atoms with Crippen molar-refractivity contribution in [3.8, 4) is 0 Å². The molecule has 2 N–H and O–H groups in total. The van der Waals surface area contributed by atoms with E-state index in [1.165, 1.54) is 5.57 Å². The van der Waals surface area contributed by atoms with E-state index in [4.69, 9.17) is 10.5 Å². The summed E-state index contributed by atoms with van der Waals surface area (Å²) < 4.78 is 6.55. The molecule has 5 nitrogen and oxygen atoms in total. The molecule has 0 aliphatic carbocycles. The summed E-state index contributed by atoms with van der Waals surface area (Å²) in [5.74, 6) is -0.132. The Morgan fingerprint density at radius 2 is 2.31 bits per heavy atom. The van der Waals surface area contributed by atoms with Gasteiger partial charge in [-0.3, -0.25) is 0 Å². The molecule has 0 radical (unpaired) electrons. The lowest BCUT2D eigenvalue weighted by molar-refractivity contribution is 0.0521. The van der Waals surface area contributed by atoms with E-state index in [9.17, 15) is 4.79 Å². The number of anilines is 1. The number of esters is 1. The number of carbonyl (C=O) groups is 1. The highest BCUT2D eigenvalue weighted by molar-refractivity contribution is 5.92. The van der Waals surface area contributed by atoms with Crippen LogP contribution in [-0.4, -0.2) is 22.1 Å². The second-order valence-electron chi connectivity index (χ2n) is 3.63. The van der Waals surface area contributed by atoms with Crippen LogP contribution in [0.1, 0.15) is 31.3 Å². The molecule has 0 aliphatic rings. The van der Waals surface area contributed by atoms with Crippen molar-refractivity contribution in [1.29, 1.82) is 0 Å². The highest BCUT2D eigenvalue weighted by atomic mass is 16.5. The number of rotatable bonds is 4. The van der Waals surface area contributed by atoms with Gasteiger partial charge in [0.05, 0.1) is 12.9 Å². The minimum atomic E-state index is -0.476. The average Bonchev–Trinajstić information content (AvgIpc) is 2.57. The van der Waals surface area contributed by atoms with Crippen LogP contribution in [0, 0.1) is 0 Å². The van der Waals surface area contributed by atoms with Crippen molar-refractivity contribution in [3.05, 3.63) is 23.7 Å². The number of nitrogens with zero attached hydrogens (tertiary/aromatic N) is 2. The monoisotopic (exact) mass is 223 g/mol. The predicted octanol–water partition coefficient (Wildman–Crippen LogP) is 1.61. The van der Waals surface area contributed by atoms with E-state index >= 15 is 0 Å². The molecule has 0 fully saturated rings. The van der Waals surface area contributed by atoms with Crippen molar-refractivity contribution >= 4 is 11.8 Å². The molecule has 0 atom stereocenters. The summed E-state index contributed by atoms with van der Waals surface area (Å²) in [5, 5.41) is 0. The van der Waals surface area contributed by atoms with Crippen LogP contribution in [0.4, 0.5) is 5.82 Å². The number of carbonyl (C=O) groups excluding carboxylic acids is 1. The van der Waals surface area contributed by atoms with E-state index < -0.39 is 5.97 Å². The fourth-order valence-corrected chi connectivity index (χ4v) is 1.17. The van der Waals surface area contributed by atoms with Gasteiger partial charge in [0, 0.05) is 6.54 Å². The molecule has 16 heavy (non-hydrogen) atoms. The van der Waals surface area contributed by atoms with E-state index in [1.807, 2.05) is 19.9 Å². The third-order valence-electron chi connectivity index (χ3n) is 2.04. The zero-order valence-corrected chi connectivity index (χ0v) is 9.86. The van der Waals surface area contributed by atoms with Gasteiger partial charge in [-0.1, -0.05) is 11.6 Å². The van der Waals surface area contributed by atoms with Crippen LogP contribution in [0.3, 0.4) is 0 Å². The molecule has 0 spiro atoms. The Kier molecular flexibility index (Phi) is 4.10. The Morgan fingerprint density at radius 1 is 1.62 bits per heavy atom. The lowest BCUT2D eigenvalue weighted by Gasteiger charge is -2.02. The second-order valence-corrected chi connectivity index (χ2v) is 3.63. The molecule has 1 aromatic heterocycles. The fraction of sp³-hybridized carbons (Fsp3) is 0.455. The first kappa shape index (κ1) is 12.3. The Labute approximate surface area is 94.9 Å². The predicted molar refractivity (Wildman–Crippen MR) is 62.0 cm³/mol. The standard InChI is InChI=1S/C11H17N3O2/c1-4-16-11(15)9-10(12)14(7-13-9)6-5-8(2)3/h5,7H,4,6,12H2,1-3H3. The summed E-state index contributed by atoms with van der Waals surface area (Å²) in [7, 11) is 0. The molecule has 0 unspecified atom stereocenters. The molecular formula is C11H17N3O2. The third kappa shape index (κ3) is 2.85. The molecule has 5 heteroatoms. The van der Waals surface area contributed by atoms with Crippen LogP contribution in [0.5, 0.6) is 0 Å². The van der Waals surface area contributed by atoms with Gasteiger partial charge in [0.25, 0.3) is 0 Å². The van der Waals surface area contributed by atoms with Gasteiger partial charge in [0.15, 0.2) is 5.69 Å². The van der Waals surface area contributed by atoms with Crippen LogP contribution in [0.2, 0.25) is 0 Å². The second kappa shape index (κ2) is 5.34. The molecule has 0 aromatic carbocycles. The van der Waals surface area contributed by atoms with Crippen molar-refractivity contribution in [1.82, 2.24) is 9.55 Å². The maximum atomic E-state index is 11.4. The molecule has 0 aliphatic heterocycles. The van der Waals surface area contributed by atoms with E-state index in [0.29, 0.717) is 19.0 Å². The zero-order valence-electron chi connectivity index (χ0n) is 9.86. The largest absolute Gasteiger partial charge is 0.461 e. The first-order chi connectivity index (χ1) is 7.56. The summed E-state index contributed by atoms with van der Waals surface area (Å²) in [6.07, 6.45) is 3.55. The lowest BCUT2D eigenvalue weighted by Crippen LogP contribution is -2.09. The lowest BCUT2D eigenvalue weighted by atomic mass is 10.3. The maximum Gasteiger partial charge on any atom is 0.360 e. The van der Waals surface area contributed by atoms with Crippen LogP contribution in [0.25, 0.3) is 0 Å². The van der Waals surface area contributed by atoms with Gasteiger partial charge < -0.3 is 15.0 Å². The quantitative estimate of drug-likeness (QED) is 0.622. The normalized spacial score (nSPS) is 9.94. The van der Waals surface area contributed by atoms with Gasteiger partial charge in [0.1, 0.15) is 5.82 Å². The number of nitrogen functional groups attached to an aromatic ring is 1. The van der Waals surface area contributed by atoms with Gasteiger partial charge in [-0.15, -0.1) is 0 Å². The molecular weight excluding hydrogens is 206 g/mol. The summed E-state index contributed by atoms with van der Waals surface area (Å²) >= 11 is 0. The minimum Gasteiger partial charge on any atom is -0.461 e. The topological polar surface area (TPSA) is 70.1 Å². The molecule has 0 amide bonds. The van der Waals surface area contributed by atoms with Crippen molar-refractivity contribution < 1.29 is 9.53 Å². The summed E-state index contributed by atoms with van der Waals surface area (Å²) in [4.78, 5) is 15.4. The van der Waals surface area contributed by atoms with E-state index in [2.05, 4.69) is 4.98 Å². The van der Waals surface area contributed by atoms with Crippen LogP contribution < -0.4 is 5.73 Å². The summed E-state index contributed by atoms with van der Waals surface area (Å²) in [6.45, 7) is 6.67. The van der Waals surface area contributed by atoms with Gasteiger partial charge in [-0.25, -0.2) is 9.78 Å². The number of imidazole rings is 1. The number of ether oxygens (including phenoxy) is 1. The Bertz CT molecular complexity index is 403. The van der Waals surface area contributed by atoms with E-state index in [-0.39, 0.29) is 5.69 Å². The number of allylic oxidation sites excluding steroid dienone is 2. The van der Waals surface area contributed by atoms with Crippen molar-refractivity contribution in [2.24, 2.45) is 0 Å². The number of aromatic nitrogens is 2. The number of nitrogens with two attached hydrogens (primary N) is 1. The van der Waals surface area contributed by atoms with Crippen LogP contribution >= 0.6 is 0 Å². The van der Waals surface area contributed by atoms with Gasteiger partial charge in [-0.2, -0.15) is 0 Å². The van der Waals surface area contributed by atoms with Gasteiger partial charge in [-0.05, 0) is 20.8 Å². The minimum absolute atomic E-state index is 0.184. The molecule has 1 rings (SSSR count). The zero-order chi connectivity index (χ0) is 12.1. The Morgan fingerprint density at radius 3 is 2.88 bits per heavy atom. The molecule has 88 valence electrons. The molecule has 1 aromatic rings. The van der Waals surface area contributed by atoms with Gasteiger partial charge in [0.2, 0.25) is 0 Å². The molecule has 0 bridgehead atoms. The highest BCUT2D eigenvalue weighted by Gasteiger charge is 2.15. The maximum absolute atomic E-state index is 11.4. The van der Waals surface area contributed by atoms with Crippen molar-refractivity contribution in [2.75, 3.05) is 12.3 Å².